The van der Waals surface area contributed by atoms with Gasteiger partial charge in [0.1, 0.15) is 11.5 Å². The van der Waals surface area contributed by atoms with Crippen LogP contribution < -0.4 is 14.5 Å². The predicted molar refractivity (Wildman–Crippen MR) is 612 cm³/mol. The van der Waals surface area contributed by atoms with Crippen molar-refractivity contribution in [2.75, 3.05) is 9.80 Å². The molecule has 13 heteroatoms. The van der Waals surface area contributed by atoms with Gasteiger partial charge < -0.3 is 28.2 Å². The molecule has 0 fully saturated rings. The largest absolute Gasteiger partial charge is 0.456 e. The van der Waals surface area contributed by atoms with E-state index in [1.165, 1.54) is 72.0 Å². The van der Waals surface area contributed by atoms with Gasteiger partial charge in [-0.05, 0) is 146 Å². The second-order valence-corrected chi connectivity index (χ2v) is 37.3. The first-order valence-corrected chi connectivity index (χ1v) is 50.5. The maximum atomic E-state index is 6.53. The first-order valence-electron chi connectivity index (χ1n) is 50.5. The third-order valence-corrected chi connectivity index (χ3v) is 28.4. The van der Waals surface area contributed by atoms with E-state index >= 15 is 0 Å². The Bertz CT molecular complexity index is 9010. The van der Waals surface area contributed by atoms with E-state index < -0.39 is 0 Å². The molecule has 0 N–H and O–H groups in total. The summed E-state index contributed by atoms with van der Waals surface area (Å²) in [4.78, 5) is 39.7. The minimum absolute atomic E-state index is 0.631. The van der Waals surface area contributed by atoms with Crippen LogP contribution in [0.3, 0.4) is 0 Å². The van der Waals surface area contributed by atoms with E-state index in [1.807, 2.05) is 146 Å². The molecule has 9 heterocycles. The van der Waals surface area contributed by atoms with Crippen LogP contribution in [-0.2, 0) is 0 Å². The monoisotopic (exact) mass is 1920 g/mol. The Labute approximate surface area is 867 Å². The number of aromatic nitrogens is 10. The summed E-state index contributed by atoms with van der Waals surface area (Å²) in [5.74, 6) is 5.04. The van der Waals surface area contributed by atoms with E-state index in [9.17, 15) is 0 Å². The second-order valence-electron chi connectivity index (χ2n) is 37.3. The number of nitrogens with zero attached hydrogens (tertiary/aromatic N) is 12. The van der Waals surface area contributed by atoms with Gasteiger partial charge in [-0.1, -0.05) is 400 Å². The van der Waals surface area contributed by atoms with Gasteiger partial charge in [-0.2, -0.15) is 0 Å². The summed E-state index contributed by atoms with van der Waals surface area (Å²) < 4.78 is 13.7. The van der Waals surface area contributed by atoms with E-state index in [1.54, 1.807) is 0 Å². The summed E-state index contributed by atoms with van der Waals surface area (Å²) in [6.45, 7) is 0. The summed E-state index contributed by atoms with van der Waals surface area (Å²) in [5, 5.41) is 3.64. The summed E-state index contributed by atoms with van der Waals surface area (Å²) >= 11 is 0. The van der Waals surface area contributed by atoms with Crippen LogP contribution in [0.5, 0.6) is 11.5 Å². The summed E-state index contributed by atoms with van der Waals surface area (Å²) in [7, 11) is 0. The van der Waals surface area contributed by atoms with E-state index in [4.69, 9.17) is 39.6 Å². The van der Waals surface area contributed by atoms with E-state index in [0.717, 1.165) is 163 Å². The molecule has 0 saturated carbocycles. The molecule has 150 heavy (non-hydrogen) atoms. The molecule has 6 aromatic heterocycles. The maximum Gasteiger partial charge on any atom is 0.164 e. The molecular formula is C137H90N12O. The van der Waals surface area contributed by atoms with Crippen LogP contribution in [0.2, 0.25) is 0 Å². The van der Waals surface area contributed by atoms with Crippen LogP contribution >= 0.6 is 0 Å². The van der Waals surface area contributed by atoms with Gasteiger partial charge in [0.25, 0.3) is 0 Å². The van der Waals surface area contributed by atoms with Gasteiger partial charge in [0.15, 0.2) is 29.1 Å². The molecule has 13 nitrogen and oxygen atoms in total. The lowest BCUT2D eigenvalue weighted by molar-refractivity contribution is 0.487. The Morgan fingerprint density at radius 3 is 0.727 bits per heavy atom. The molecule has 0 unspecified atom stereocenters. The van der Waals surface area contributed by atoms with Crippen molar-refractivity contribution in [2.45, 2.75) is 0 Å². The van der Waals surface area contributed by atoms with Crippen molar-refractivity contribution in [3.8, 4) is 198 Å². The number of hydrogen-bond acceptors (Lipinski definition) is 10. The number of hydrogen-bond donors (Lipinski definition) is 0. The van der Waals surface area contributed by atoms with Gasteiger partial charge in [0.2, 0.25) is 0 Å². The summed E-state index contributed by atoms with van der Waals surface area (Å²) in [6, 6.07) is 191. The van der Waals surface area contributed by atoms with Gasteiger partial charge in [-0.3, -0.25) is 0 Å². The standard InChI is InChI=1S/C48H32N4.C47H31N5.C42H27N3O/c1-4-16-33(17-5-1)41-32-42(50-48(49-41)35-18-6-2-7-19-35)34-28-30-37(31-29-34)51-43-25-13-10-22-38(43)46-39-23-11-14-26-44(39)52(36-20-8-3-9-21-36)47(46)40-24-12-15-27-45(40)51;1-4-16-32(17-5-1)45-48-46(33-18-6-2-7-19-33)50-47(49-45)34-28-30-36(31-29-34)51-40-25-13-10-22-37(40)43-38-23-11-14-26-41(38)52(35-20-8-3-9-21-35)44(43)39-24-12-15-27-42(39)51;1-3-13-28(14-4-1)35-27-36(44-42(43-35)30-15-5-2-6-16-30)29-23-25-31(26-24-29)45-37-20-10-7-17-32(37)40-33-18-8-11-21-38(33)46-39-22-12-9-19-34(39)41(40)45/h1-32H;1-31H;1-27H. The molecule has 704 valence electrons. The van der Waals surface area contributed by atoms with Crippen LogP contribution in [0.25, 0.3) is 219 Å². The highest BCUT2D eigenvalue weighted by atomic mass is 16.5. The van der Waals surface area contributed by atoms with Gasteiger partial charge in [0, 0.05) is 145 Å². The third-order valence-electron chi connectivity index (χ3n) is 28.4. The summed E-state index contributed by atoms with van der Waals surface area (Å²) in [5.41, 5.74) is 40.0. The number of rotatable bonds is 14. The minimum atomic E-state index is 0.631. The Balaban J connectivity index is 0.000000111. The summed E-state index contributed by atoms with van der Waals surface area (Å²) in [6.07, 6.45) is 0. The van der Waals surface area contributed by atoms with Crippen LogP contribution in [0.1, 0.15) is 0 Å². The molecule has 0 atom stereocenters. The topological polar surface area (TPSA) is 121 Å². The fourth-order valence-electron chi connectivity index (χ4n) is 21.6. The highest BCUT2D eigenvalue weighted by Gasteiger charge is 2.36. The second kappa shape index (κ2) is 38.4. The maximum absolute atomic E-state index is 6.53. The molecule has 0 amide bonds. The van der Waals surface area contributed by atoms with Crippen LogP contribution in [0.15, 0.2) is 546 Å². The normalized spacial score (nSPS) is 11.8. The highest BCUT2D eigenvalue weighted by Crippen LogP contribution is 2.59. The van der Waals surface area contributed by atoms with Gasteiger partial charge in [-0.15, -0.1) is 0 Å². The Kier molecular flexibility index (Phi) is 22.6. The minimum Gasteiger partial charge on any atom is -0.456 e. The van der Waals surface area contributed by atoms with Crippen molar-refractivity contribution in [3.63, 3.8) is 0 Å². The molecule has 26 aromatic rings. The number of ether oxygens (including phenoxy) is 1. The van der Waals surface area contributed by atoms with Crippen LogP contribution in [0, 0.1) is 0 Å². The molecule has 0 saturated heterocycles. The van der Waals surface area contributed by atoms with Crippen molar-refractivity contribution in [3.05, 3.63) is 546 Å². The van der Waals surface area contributed by atoms with Gasteiger partial charge in [0.05, 0.1) is 79.2 Å². The Morgan fingerprint density at radius 1 is 0.153 bits per heavy atom. The van der Waals surface area contributed by atoms with Crippen LogP contribution in [-0.4, -0.2) is 48.6 Å². The number of benzene rings is 20. The Morgan fingerprint density at radius 2 is 0.373 bits per heavy atom. The first-order chi connectivity index (χ1) is 74.4. The Hall–Kier alpha value is -20.4. The van der Waals surface area contributed by atoms with Gasteiger partial charge >= 0.3 is 0 Å². The molecular weight excluding hydrogens is 1830 g/mol. The van der Waals surface area contributed by atoms with Crippen molar-refractivity contribution in [1.82, 2.24) is 48.6 Å². The highest BCUT2D eigenvalue weighted by molar-refractivity contribution is 6.16. The van der Waals surface area contributed by atoms with Crippen molar-refractivity contribution in [1.29, 1.82) is 0 Å². The zero-order chi connectivity index (χ0) is 99.3. The van der Waals surface area contributed by atoms with Gasteiger partial charge in [-0.25, -0.2) is 34.9 Å². The predicted octanol–water partition coefficient (Wildman–Crippen LogP) is 35.3. The van der Waals surface area contributed by atoms with Crippen LogP contribution in [0.4, 0.5) is 34.1 Å². The average Bonchev–Trinajstić information content (AvgIpc) is 1.55. The lowest BCUT2D eigenvalue weighted by atomic mass is 9.98. The first kappa shape index (κ1) is 88.5. The zero-order valence-electron chi connectivity index (χ0n) is 81.2. The van der Waals surface area contributed by atoms with E-state index in [0.29, 0.717) is 29.1 Å². The molecule has 3 aliphatic heterocycles. The lowest BCUT2D eigenvalue weighted by Gasteiger charge is -2.27. The number of para-hydroxylation sites is 11. The molecule has 0 aliphatic carbocycles. The molecule has 20 aromatic carbocycles. The third kappa shape index (κ3) is 16.1. The quantitative estimate of drug-likeness (QED) is 0.104. The molecule has 3 aliphatic rings. The molecule has 0 spiro atoms. The molecule has 29 rings (SSSR count). The van der Waals surface area contributed by atoms with E-state index in [-0.39, 0.29) is 0 Å². The molecule has 0 bridgehead atoms. The zero-order valence-corrected chi connectivity index (χ0v) is 81.2. The van der Waals surface area contributed by atoms with Crippen molar-refractivity contribution < 1.29 is 4.74 Å². The number of anilines is 6. The van der Waals surface area contributed by atoms with E-state index in [2.05, 4.69) is 424 Å². The smallest absolute Gasteiger partial charge is 0.164 e. The average molecular weight is 1920 g/mol. The fraction of sp³-hybridized carbons (Fsp3) is 0. The van der Waals surface area contributed by atoms with Crippen molar-refractivity contribution >= 4 is 66.8 Å². The fourth-order valence-corrected chi connectivity index (χ4v) is 21.6. The number of fused-ring (bicyclic) bond motifs is 21. The van der Waals surface area contributed by atoms with Crippen molar-refractivity contribution in [2.24, 2.45) is 0 Å². The lowest BCUT2D eigenvalue weighted by Crippen LogP contribution is -2.11. The SMILES string of the molecule is c1ccc(-c2cc(-c3ccc(-n4c5c(c6ccccc64)-c4ccccc4Oc4ccccc4-5)cc3)nc(-c3ccccc3)n2)cc1.c1ccc(-c2cc(-c3ccc(N4c5ccccc5-c5c(n(-c6ccccc6)c6ccccc56)-c5ccccc54)cc3)nc(-c3ccccc3)n2)cc1.c1ccc(-c2nc(-c3ccccc3)nc(-c3ccc(N4c5ccccc5-c5c(n(-c6ccccc6)c6ccccc56)-c5ccccc54)cc3)n2)cc1. The molecule has 0 radical (unpaired) electrons.